The van der Waals surface area contributed by atoms with E-state index in [0.717, 1.165) is 28.3 Å². The van der Waals surface area contributed by atoms with Crippen LogP contribution in [0.25, 0.3) is 12.2 Å². The number of hydrogen-bond acceptors (Lipinski definition) is 5. The minimum atomic E-state index is 0.0180. The number of nitrogens with zero attached hydrogens (tertiary/aromatic N) is 3. The average Bonchev–Trinajstić information content (AvgIpc) is 2.64. The van der Waals surface area contributed by atoms with Gasteiger partial charge in [0.15, 0.2) is 5.78 Å². The molecule has 0 unspecified atom stereocenters. The van der Waals surface area contributed by atoms with E-state index in [1.807, 2.05) is 52.1 Å². The van der Waals surface area contributed by atoms with Crippen LogP contribution in [0.2, 0.25) is 5.02 Å². The number of aryl methyl sites for hydroxylation is 3. The van der Waals surface area contributed by atoms with Gasteiger partial charge >= 0.3 is 0 Å². The number of Topliss-reactive ketones (excluding diaryl/α,β-unsaturated/α-hetero) is 1. The molecule has 0 bridgehead atoms. The van der Waals surface area contributed by atoms with Gasteiger partial charge in [0.1, 0.15) is 5.75 Å². The van der Waals surface area contributed by atoms with Gasteiger partial charge in [0, 0.05) is 24.2 Å². The Kier molecular flexibility index (Phi) is 5.96. The number of benzene rings is 1. The number of halogens is 1. The van der Waals surface area contributed by atoms with E-state index in [2.05, 4.69) is 14.9 Å². The fraction of sp³-hybridized carbons (Fsp3) is 0.318. The monoisotopic (exact) mass is 397 g/mol. The quantitative estimate of drug-likeness (QED) is 0.731. The van der Waals surface area contributed by atoms with E-state index in [1.54, 1.807) is 13.2 Å². The second-order valence-electron chi connectivity index (χ2n) is 7.09. The van der Waals surface area contributed by atoms with E-state index >= 15 is 0 Å². The van der Waals surface area contributed by atoms with Gasteiger partial charge in [-0.2, -0.15) is 0 Å². The lowest BCUT2D eigenvalue weighted by atomic mass is 9.95. The van der Waals surface area contributed by atoms with Gasteiger partial charge in [-0.25, -0.2) is 4.98 Å². The highest BCUT2D eigenvalue weighted by atomic mass is 35.5. The Balaban J connectivity index is 1.98. The molecular weight excluding hydrogens is 374 g/mol. The van der Waals surface area contributed by atoms with Crippen LogP contribution < -0.4 is 4.74 Å². The summed E-state index contributed by atoms with van der Waals surface area (Å²) >= 11 is 6.35. The van der Waals surface area contributed by atoms with Gasteiger partial charge < -0.3 is 4.74 Å². The lowest BCUT2D eigenvalue weighted by Gasteiger charge is -2.26. The Hall–Kier alpha value is -2.50. The molecule has 1 fully saturated rings. The summed E-state index contributed by atoms with van der Waals surface area (Å²) < 4.78 is 5.19. The second kappa shape index (κ2) is 8.25. The van der Waals surface area contributed by atoms with Crippen LogP contribution in [0.4, 0.5) is 0 Å². The molecule has 0 spiro atoms. The van der Waals surface area contributed by atoms with Crippen molar-refractivity contribution in [2.24, 2.45) is 0 Å². The molecule has 1 aromatic carbocycles. The number of ketones is 1. The summed E-state index contributed by atoms with van der Waals surface area (Å²) in [6, 6.07) is 5.44. The van der Waals surface area contributed by atoms with E-state index in [-0.39, 0.29) is 5.78 Å². The number of likely N-dealkylation sites (tertiary alicyclic amines) is 1. The normalized spacial score (nSPS) is 18.1. The number of methoxy groups -OCH3 is 1. The summed E-state index contributed by atoms with van der Waals surface area (Å²) in [6.45, 7) is 6.91. The first-order valence-electron chi connectivity index (χ1n) is 9.08. The van der Waals surface area contributed by atoms with Crippen molar-refractivity contribution in [1.82, 2.24) is 14.9 Å². The van der Waals surface area contributed by atoms with Gasteiger partial charge in [-0.15, -0.1) is 0 Å². The van der Waals surface area contributed by atoms with Crippen molar-refractivity contribution in [2.45, 2.75) is 20.8 Å². The predicted octanol–water partition coefficient (Wildman–Crippen LogP) is 4.05. The van der Waals surface area contributed by atoms with Crippen molar-refractivity contribution in [3.8, 4) is 5.75 Å². The van der Waals surface area contributed by atoms with Gasteiger partial charge in [-0.05, 0) is 63.7 Å². The lowest BCUT2D eigenvalue weighted by molar-refractivity contribution is -0.113. The maximum atomic E-state index is 13.1. The van der Waals surface area contributed by atoms with Crippen LogP contribution in [0.3, 0.4) is 0 Å². The van der Waals surface area contributed by atoms with Crippen molar-refractivity contribution < 1.29 is 9.53 Å². The fourth-order valence-corrected chi connectivity index (χ4v) is 3.41. The van der Waals surface area contributed by atoms with Crippen molar-refractivity contribution >= 4 is 29.5 Å². The molecule has 1 aliphatic rings. The van der Waals surface area contributed by atoms with Gasteiger partial charge in [0.25, 0.3) is 0 Å². The first-order valence-corrected chi connectivity index (χ1v) is 9.46. The number of hydrogen-bond donors (Lipinski definition) is 0. The van der Waals surface area contributed by atoms with E-state index in [9.17, 15) is 4.79 Å². The summed E-state index contributed by atoms with van der Waals surface area (Å²) in [4.78, 5) is 24.3. The molecule has 2 aromatic rings. The SMILES string of the molecule is COc1ccc(/C=C2\CN(C)C/C(=C\c3nc(C)c(C)nc3C)C2=O)c(Cl)c1. The molecule has 146 valence electrons. The van der Waals surface area contributed by atoms with Crippen LogP contribution in [0, 0.1) is 20.8 Å². The third-order valence-electron chi connectivity index (χ3n) is 4.83. The molecule has 1 aliphatic heterocycles. The molecule has 0 atom stereocenters. The maximum absolute atomic E-state index is 13.1. The second-order valence-corrected chi connectivity index (χ2v) is 7.50. The Labute approximate surface area is 170 Å². The molecule has 0 radical (unpaired) electrons. The van der Waals surface area contributed by atoms with E-state index in [0.29, 0.717) is 35.0 Å². The first-order chi connectivity index (χ1) is 13.3. The molecule has 1 aromatic heterocycles. The number of aromatic nitrogens is 2. The van der Waals surface area contributed by atoms with Gasteiger partial charge in [0.05, 0.1) is 34.9 Å². The first kappa shape index (κ1) is 20.2. The zero-order chi connectivity index (χ0) is 20.4. The highest BCUT2D eigenvalue weighted by Gasteiger charge is 2.24. The lowest BCUT2D eigenvalue weighted by Crippen LogP contribution is -2.34. The number of ether oxygens (including phenoxy) is 1. The molecule has 6 heteroatoms. The summed E-state index contributed by atoms with van der Waals surface area (Å²) in [7, 11) is 3.58. The molecule has 2 heterocycles. The van der Waals surface area contributed by atoms with Gasteiger partial charge in [0.2, 0.25) is 0 Å². The molecule has 0 aliphatic carbocycles. The van der Waals surface area contributed by atoms with E-state index in [4.69, 9.17) is 16.3 Å². The summed E-state index contributed by atoms with van der Waals surface area (Å²) in [5.74, 6) is 0.702. The Morgan fingerprint density at radius 3 is 2.32 bits per heavy atom. The Bertz CT molecular complexity index is 996. The largest absolute Gasteiger partial charge is 0.497 e. The molecule has 0 saturated carbocycles. The van der Waals surface area contributed by atoms with Crippen LogP contribution in [-0.2, 0) is 4.79 Å². The number of rotatable bonds is 3. The Morgan fingerprint density at radius 2 is 1.68 bits per heavy atom. The maximum Gasteiger partial charge on any atom is 0.187 e. The average molecular weight is 398 g/mol. The number of piperidine rings is 1. The zero-order valence-corrected chi connectivity index (χ0v) is 17.6. The molecule has 0 amide bonds. The highest BCUT2D eigenvalue weighted by molar-refractivity contribution is 6.32. The molecule has 0 N–H and O–H groups in total. The molecule has 28 heavy (non-hydrogen) atoms. The summed E-state index contributed by atoms with van der Waals surface area (Å²) in [5, 5.41) is 0.550. The smallest absolute Gasteiger partial charge is 0.187 e. The number of carbonyl (C=O) groups excluding carboxylic acids is 1. The number of likely N-dealkylation sites (N-methyl/N-ethyl adjacent to an activating group) is 1. The molecular formula is C22H24ClN3O2. The summed E-state index contributed by atoms with van der Waals surface area (Å²) in [6.07, 6.45) is 3.71. The van der Waals surface area contributed by atoms with Crippen LogP contribution in [0.1, 0.15) is 28.3 Å². The zero-order valence-electron chi connectivity index (χ0n) is 16.8. The van der Waals surface area contributed by atoms with E-state index < -0.39 is 0 Å². The number of carbonyl (C=O) groups is 1. The van der Waals surface area contributed by atoms with Crippen LogP contribution in [0.5, 0.6) is 5.75 Å². The molecule has 5 nitrogen and oxygen atoms in total. The fourth-order valence-electron chi connectivity index (χ4n) is 3.18. The van der Waals surface area contributed by atoms with Crippen molar-refractivity contribution in [2.75, 3.05) is 27.2 Å². The molecule has 1 saturated heterocycles. The topological polar surface area (TPSA) is 55.3 Å². The van der Waals surface area contributed by atoms with Gasteiger partial charge in [-0.3, -0.25) is 14.7 Å². The highest BCUT2D eigenvalue weighted by Crippen LogP contribution is 2.27. The standard InChI is InChI=1S/C22H24ClN3O2/c1-13-14(2)25-21(15(3)24-13)9-18-12-26(4)11-17(22(18)27)8-16-6-7-19(28-5)10-20(16)23/h6-10H,11-12H2,1-5H3/b17-8+,18-9+. The van der Waals surface area contributed by atoms with Crippen molar-refractivity contribution in [3.05, 3.63) is 62.7 Å². The van der Waals surface area contributed by atoms with Crippen molar-refractivity contribution in [1.29, 1.82) is 0 Å². The van der Waals surface area contributed by atoms with Crippen molar-refractivity contribution in [3.63, 3.8) is 0 Å². The van der Waals surface area contributed by atoms with Crippen LogP contribution in [0.15, 0.2) is 29.3 Å². The van der Waals surface area contributed by atoms with Crippen LogP contribution >= 0.6 is 11.6 Å². The minimum absolute atomic E-state index is 0.0180. The van der Waals surface area contributed by atoms with Crippen LogP contribution in [-0.4, -0.2) is 47.9 Å². The predicted molar refractivity (Wildman–Crippen MR) is 113 cm³/mol. The third-order valence-corrected chi connectivity index (χ3v) is 5.16. The third kappa shape index (κ3) is 4.32. The van der Waals surface area contributed by atoms with E-state index in [1.165, 1.54) is 0 Å². The summed E-state index contributed by atoms with van der Waals surface area (Å²) in [5.41, 5.74) is 5.52. The Morgan fingerprint density at radius 1 is 1.04 bits per heavy atom. The van der Waals surface area contributed by atoms with Gasteiger partial charge in [-0.1, -0.05) is 11.6 Å². The molecule has 3 rings (SSSR count). The minimum Gasteiger partial charge on any atom is -0.497 e.